The SMILES string of the molecule is CCC(=O)N1CC(CC)CC(NCC2CCC2)C1. The second-order valence-corrected chi connectivity index (χ2v) is 6.06. The molecule has 0 aromatic carbocycles. The molecule has 104 valence electrons. The van der Waals surface area contributed by atoms with Gasteiger partial charge in [0.2, 0.25) is 5.91 Å². The number of amides is 1. The molecule has 2 rings (SSSR count). The monoisotopic (exact) mass is 252 g/mol. The van der Waals surface area contributed by atoms with Crippen molar-refractivity contribution in [3.63, 3.8) is 0 Å². The summed E-state index contributed by atoms with van der Waals surface area (Å²) in [5, 5.41) is 3.70. The van der Waals surface area contributed by atoms with Crippen molar-refractivity contribution in [1.82, 2.24) is 10.2 Å². The maximum atomic E-state index is 11.9. The zero-order valence-electron chi connectivity index (χ0n) is 12.0. The zero-order chi connectivity index (χ0) is 13.0. The van der Waals surface area contributed by atoms with Crippen LogP contribution in [-0.4, -0.2) is 36.5 Å². The van der Waals surface area contributed by atoms with Crippen LogP contribution in [0.25, 0.3) is 0 Å². The summed E-state index contributed by atoms with van der Waals surface area (Å²) in [6, 6.07) is 0.528. The van der Waals surface area contributed by atoms with Gasteiger partial charge in [0.25, 0.3) is 0 Å². The predicted octanol–water partition coefficient (Wildman–Crippen LogP) is 2.41. The molecule has 2 aliphatic rings. The van der Waals surface area contributed by atoms with E-state index in [-0.39, 0.29) is 0 Å². The van der Waals surface area contributed by atoms with Crippen LogP contribution in [0.2, 0.25) is 0 Å². The topological polar surface area (TPSA) is 32.3 Å². The molecule has 3 heteroatoms. The molecule has 1 amide bonds. The van der Waals surface area contributed by atoms with Gasteiger partial charge in [0.1, 0.15) is 0 Å². The lowest BCUT2D eigenvalue weighted by Gasteiger charge is -2.39. The lowest BCUT2D eigenvalue weighted by Crippen LogP contribution is -2.52. The lowest BCUT2D eigenvalue weighted by atomic mass is 9.84. The normalized spacial score (nSPS) is 29.1. The van der Waals surface area contributed by atoms with Gasteiger partial charge >= 0.3 is 0 Å². The minimum atomic E-state index is 0.323. The van der Waals surface area contributed by atoms with Gasteiger partial charge in [-0.25, -0.2) is 0 Å². The van der Waals surface area contributed by atoms with Gasteiger partial charge in [0, 0.05) is 25.6 Å². The first kappa shape index (κ1) is 13.9. The minimum absolute atomic E-state index is 0.323. The number of carbonyl (C=O) groups is 1. The maximum absolute atomic E-state index is 11.9. The number of piperidine rings is 1. The number of rotatable bonds is 5. The largest absolute Gasteiger partial charge is 0.341 e. The molecular weight excluding hydrogens is 224 g/mol. The van der Waals surface area contributed by atoms with Gasteiger partial charge in [-0.1, -0.05) is 26.7 Å². The number of hydrogen-bond acceptors (Lipinski definition) is 2. The Morgan fingerprint density at radius 3 is 2.56 bits per heavy atom. The summed E-state index contributed by atoms with van der Waals surface area (Å²) in [6.07, 6.45) is 7.29. The van der Waals surface area contributed by atoms with E-state index in [4.69, 9.17) is 0 Å². The first-order chi connectivity index (χ1) is 8.72. The maximum Gasteiger partial charge on any atom is 0.222 e. The van der Waals surface area contributed by atoms with Crippen LogP contribution >= 0.6 is 0 Å². The molecule has 1 aliphatic heterocycles. The summed E-state index contributed by atoms with van der Waals surface area (Å²) >= 11 is 0. The lowest BCUT2D eigenvalue weighted by molar-refractivity contribution is -0.133. The van der Waals surface area contributed by atoms with Crippen LogP contribution in [0.3, 0.4) is 0 Å². The van der Waals surface area contributed by atoms with Crippen molar-refractivity contribution < 1.29 is 4.79 Å². The second-order valence-electron chi connectivity index (χ2n) is 6.06. The van der Waals surface area contributed by atoms with Crippen molar-refractivity contribution in [3.05, 3.63) is 0 Å². The van der Waals surface area contributed by atoms with E-state index < -0.39 is 0 Å². The van der Waals surface area contributed by atoms with Gasteiger partial charge in [-0.15, -0.1) is 0 Å². The van der Waals surface area contributed by atoms with E-state index in [9.17, 15) is 4.79 Å². The average Bonchev–Trinajstić information content (AvgIpc) is 2.35. The molecule has 0 bridgehead atoms. The average molecular weight is 252 g/mol. The third-order valence-electron chi connectivity index (χ3n) is 4.69. The van der Waals surface area contributed by atoms with Crippen LogP contribution in [0.15, 0.2) is 0 Å². The van der Waals surface area contributed by atoms with E-state index in [1.807, 2.05) is 6.92 Å². The zero-order valence-corrected chi connectivity index (χ0v) is 12.0. The summed E-state index contributed by atoms with van der Waals surface area (Å²) in [5.41, 5.74) is 0. The molecular formula is C15H28N2O. The molecule has 1 heterocycles. The molecule has 2 fully saturated rings. The molecule has 0 aromatic rings. The Morgan fingerprint density at radius 2 is 2.00 bits per heavy atom. The van der Waals surface area contributed by atoms with Crippen molar-refractivity contribution in [2.24, 2.45) is 11.8 Å². The van der Waals surface area contributed by atoms with Crippen LogP contribution in [0, 0.1) is 11.8 Å². The fourth-order valence-electron chi connectivity index (χ4n) is 3.10. The van der Waals surface area contributed by atoms with E-state index in [0.717, 1.165) is 25.6 Å². The van der Waals surface area contributed by atoms with Crippen molar-refractivity contribution in [1.29, 1.82) is 0 Å². The number of likely N-dealkylation sites (tertiary alicyclic amines) is 1. The van der Waals surface area contributed by atoms with Gasteiger partial charge in [-0.3, -0.25) is 4.79 Å². The molecule has 1 saturated heterocycles. The molecule has 0 aromatic heterocycles. The predicted molar refractivity (Wildman–Crippen MR) is 74.4 cm³/mol. The van der Waals surface area contributed by atoms with Crippen molar-refractivity contribution in [2.45, 2.75) is 58.4 Å². The van der Waals surface area contributed by atoms with Gasteiger partial charge in [0.15, 0.2) is 0 Å². The van der Waals surface area contributed by atoms with Gasteiger partial charge in [-0.05, 0) is 37.6 Å². The van der Waals surface area contributed by atoms with Crippen LogP contribution in [0.1, 0.15) is 52.4 Å². The Morgan fingerprint density at radius 1 is 1.22 bits per heavy atom. The molecule has 2 atom stereocenters. The standard InChI is InChI=1S/C15H28N2O/c1-3-12-8-14(16-9-13-6-5-7-13)11-17(10-12)15(18)4-2/h12-14,16H,3-11H2,1-2H3. The summed E-state index contributed by atoms with van der Waals surface area (Å²) < 4.78 is 0. The van der Waals surface area contributed by atoms with E-state index >= 15 is 0 Å². The Labute approximate surface area is 111 Å². The number of nitrogens with zero attached hydrogens (tertiary/aromatic N) is 1. The summed E-state index contributed by atoms with van der Waals surface area (Å²) in [6.45, 7) is 7.28. The minimum Gasteiger partial charge on any atom is -0.341 e. The highest BCUT2D eigenvalue weighted by Crippen LogP contribution is 2.26. The van der Waals surface area contributed by atoms with Crippen LogP contribution in [-0.2, 0) is 4.79 Å². The van der Waals surface area contributed by atoms with Crippen LogP contribution < -0.4 is 5.32 Å². The van der Waals surface area contributed by atoms with Crippen LogP contribution in [0.4, 0.5) is 0 Å². The van der Waals surface area contributed by atoms with Gasteiger partial charge in [-0.2, -0.15) is 0 Å². The first-order valence-electron chi connectivity index (χ1n) is 7.74. The fourth-order valence-corrected chi connectivity index (χ4v) is 3.10. The van der Waals surface area contributed by atoms with Crippen LogP contribution in [0.5, 0.6) is 0 Å². The highest BCUT2D eigenvalue weighted by molar-refractivity contribution is 5.76. The number of hydrogen-bond donors (Lipinski definition) is 1. The van der Waals surface area contributed by atoms with E-state index in [1.54, 1.807) is 0 Å². The Kier molecular flexibility index (Phi) is 5.04. The van der Waals surface area contributed by atoms with E-state index in [0.29, 0.717) is 24.3 Å². The van der Waals surface area contributed by atoms with Crippen molar-refractivity contribution in [3.8, 4) is 0 Å². The molecule has 0 spiro atoms. The third-order valence-corrected chi connectivity index (χ3v) is 4.69. The molecule has 18 heavy (non-hydrogen) atoms. The quantitative estimate of drug-likeness (QED) is 0.815. The summed E-state index contributed by atoms with van der Waals surface area (Å²) in [5.74, 6) is 1.92. The number of carbonyl (C=O) groups excluding carboxylic acids is 1. The van der Waals surface area contributed by atoms with Gasteiger partial charge in [0.05, 0.1) is 0 Å². The fraction of sp³-hybridized carbons (Fsp3) is 0.933. The molecule has 2 unspecified atom stereocenters. The summed E-state index contributed by atoms with van der Waals surface area (Å²) in [4.78, 5) is 14.0. The highest BCUT2D eigenvalue weighted by atomic mass is 16.2. The van der Waals surface area contributed by atoms with Crippen molar-refractivity contribution >= 4 is 5.91 Å². The molecule has 1 saturated carbocycles. The highest BCUT2D eigenvalue weighted by Gasteiger charge is 2.29. The Hall–Kier alpha value is -0.570. The molecule has 1 aliphatic carbocycles. The molecule has 3 nitrogen and oxygen atoms in total. The van der Waals surface area contributed by atoms with E-state index in [1.165, 1.54) is 32.1 Å². The molecule has 0 radical (unpaired) electrons. The summed E-state index contributed by atoms with van der Waals surface area (Å²) in [7, 11) is 0. The Balaban J connectivity index is 1.82. The van der Waals surface area contributed by atoms with Gasteiger partial charge < -0.3 is 10.2 Å². The third kappa shape index (κ3) is 3.47. The Bertz CT molecular complexity index is 276. The second kappa shape index (κ2) is 6.55. The first-order valence-corrected chi connectivity index (χ1v) is 7.74. The smallest absolute Gasteiger partial charge is 0.222 e. The van der Waals surface area contributed by atoms with Crippen molar-refractivity contribution in [2.75, 3.05) is 19.6 Å². The molecule has 1 N–H and O–H groups in total. The number of nitrogens with one attached hydrogen (secondary N) is 1. The van der Waals surface area contributed by atoms with E-state index in [2.05, 4.69) is 17.1 Å².